The summed E-state index contributed by atoms with van der Waals surface area (Å²) >= 11 is 11.5. The van der Waals surface area contributed by atoms with Gasteiger partial charge in [0.15, 0.2) is 0 Å². The molecule has 2 N–H and O–H groups in total. The Bertz CT molecular complexity index is 497. The Morgan fingerprint density at radius 1 is 1.25 bits per heavy atom. The molecule has 1 aromatic heterocycles. The molecule has 0 unspecified atom stereocenters. The third kappa shape index (κ3) is 5.02. The minimum atomic E-state index is -0.264. The van der Waals surface area contributed by atoms with Gasteiger partial charge in [0.2, 0.25) is 0 Å². The molecule has 0 saturated carbocycles. The van der Waals surface area contributed by atoms with Gasteiger partial charge in [-0.25, -0.2) is 9.78 Å². The van der Waals surface area contributed by atoms with Gasteiger partial charge in [0, 0.05) is 12.2 Å². The van der Waals surface area contributed by atoms with Crippen LogP contribution in [-0.2, 0) is 0 Å². The maximum Gasteiger partial charge on any atom is 0.319 e. The van der Waals surface area contributed by atoms with Crippen LogP contribution in [-0.4, -0.2) is 17.6 Å². The summed E-state index contributed by atoms with van der Waals surface area (Å²) in [5, 5.41) is 6.00. The second-order valence-electron chi connectivity index (χ2n) is 4.74. The van der Waals surface area contributed by atoms with Crippen molar-refractivity contribution in [2.75, 3.05) is 11.9 Å². The monoisotopic (exact) mass is 313 g/mol. The highest BCUT2D eigenvalue weighted by Crippen LogP contribution is 2.20. The van der Waals surface area contributed by atoms with E-state index in [1.54, 1.807) is 12.1 Å². The normalized spacial score (nSPS) is 14.6. The van der Waals surface area contributed by atoms with Crippen LogP contribution in [0, 0.1) is 0 Å². The van der Waals surface area contributed by atoms with Crippen molar-refractivity contribution >= 4 is 34.9 Å². The summed E-state index contributed by atoms with van der Waals surface area (Å²) in [7, 11) is 0. The molecule has 0 aromatic carbocycles. The number of aromatic nitrogens is 1. The van der Waals surface area contributed by atoms with E-state index in [2.05, 4.69) is 21.7 Å². The topological polar surface area (TPSA) is 54.0 Å². The third-order valence-corrected chi connectivity index (χ3v) is 3.52. The van der Waals surface area contributed by atoms with Gasteiger partial charge in [-0.15, -0.1) is 0 Å². The molecule has 1 aliphatic carbocycles. The van der Waals surface area contributed by atoms with Gasteiger partial charge in [-0.2, -0.15) is 0 Å². The number of allylic oxidation sites excluding steroid dienone is 1. The van der Waals surface area contributed by atoms with Gasteiger partial charge in [-0.05, 0) is 44.2 Å². The molecule has 0 spiro atoms. The lowest BCUT2D eigenvalue weighted by molar-refractivity contribution is 0.252. The van der Waals surface area contributed by atoms with E-state index in [-0.39, 0.29) is 16.3 Å². The lowest BCUT2D eigenvalue weighted by atomic mass is 9.97. The zero-order valence-corrected chi connectivity index (χ0v) is 12.6. The molecular weight excluding hydrogens is 297 g/mol. The first-order chi connectivity index (χ1) is 9.63. The van der Waals surface area contributed by atoms with Crippen molar-refractivity contribution in [1.29, 1.82) is 0 Å². The van der Waals surface area contributed by atoms with E-state index in [4.69, 9.17) is 23.2 Å². The van der Waals surface area contributed by atoms with Gasteiger partial charge in [0.05, 0.1) is 0 Å². The predicted molar refractivity (Wildman–Crippen MR) is 82.4 cm³/mol. The fourth-order valence-corrected chi connectivity index (χ4v) is 2.64. The van der Waals surface area contributed by atoms with E-state index in [9.17, 15) is 4.79 Å². The summed E-state index contributed by atoms with van der Waals surface area (Å²) < 4.78 is 0. The van der Waals surface area contributed by atoms with Gasteiger partial charge < -0.3 is 10.6 Å². The smallest absolute Gasteiger partial charge is 0.319 e. The van der Waals surface area contributed by atoms with E-state index < -0.39 is 0 Å². The SMILES string of the molecule is O=C(NCCC1=CCCCC1)Nc1cc(Cl)nc(Cl)c1. The highest BCUT2D eigenvalue weighted by molar-refractivity contribution is 6.32. The standard InChI is InChI=1S/C14H17Cl2N3O/c15-12-8-11(9-13(16)19-12)18-14(20)17-7-6-10-4-2-1-3-5-10/h4,8-9H,1-3,5-7H2,(H2,17,18,19,20). The third-order valence-electron chi connectivity index (χ3n) is 3.14. The molecule has 0 aliphatic heterocycles. The zero-order chi connectivity index (χ0) is 14.4. The largest absolute Gasteiger partial charge is 0.338 e. The molecule has 0 fully saturated rings. The van der Waals surface area contributed by atoms with Crippen LogP contribution in [0.15, 0.2) is 23.8 Å². The van der Waals surface area contributed by atoms with Gasteiger partial charge >= 0.3 is 6.03 Å². The molecule has 1 aliphatic rings. The second-order valence-corrected chi connectivity index (χ2v) is 5.51. The van der Waals surface area contributed by atoms with E-state index in [1.807, 2.05) is 0 Å². The van der Waals surface area contributed by atoms with E-state index in [0.717, 1.165) is 19.3 Å². The van der Waals surface area contributed by atoms with Crippen LogP contribution < -0.4 is 10.6 Å². The number of amides is 2. The molecule has 6 heteroatoms. The van der Waals surface area contributed by atoms with Crippen molar-refractivity contribution < 1.29 is 4.79 Å². The van der Waals surface area contributed by atoms with Crippen LogP contribution in [0.25, 0.3) is 0 Å². The van der Waals surface area contributed by atoms with Crippen molar-refractivity contribution in [3.8, 4) is 0 Å². The summed E-state index contributed by atoms with van der Waals surface area (Å²) in [6.45, 7) is 0.629. The summed E-state index contributed by atoms with van der Waals surface area (Å²) in [5.74, 6) is 0. The minimum Gasteiger partial charge on any atom is -0.338 e. The van der Waals surface area contributed by atoms with Crippen LogP contribution in [0.1, 0.15) is 32.1 Å². The zero-order valence-electron chi connectivity index (χ0n) is 11.1. The molecule has 1 heterocycles. The Balaban J connectivity index is 1.76. The Morgan fingerprint density at radius 3 is 2.65 bits per heavy atom. The molecule has 20 heavy (non-hydrogen) atoms. The number of carbonyl (C=O) groups excluding carboxylic acids is 1. The van der Waals surface area contributed by atoms with E-state index in [0.29, 0.717) is 12.2 Å². The minimum absolute atomic E-state index is 0.250. The van der Waals surface area contributed by atoms with Crippen LogP contribution in [0.5, 0.6) is 0 Å². The molecule has 0 saturated heterocycles. The molecular formula is C14H17Cl2N3O. The van der Waals surface area contributed by atoms with Crippen molar-refractivity contribution in [3.63, 3.8) is 0 Å². The van der Waals surface area contributed by atoms with Crippen LogP contribution in [0.4, 0.5) is 10.5 Å². The summed E-state index contributed by atoms with van der Waals surface area (Å²) in [5.41, 5.74) is 1.97. The molecule has 2 amide bonds. The fourth-order valence-electron chi connectivity index (χ4n) is 2.18. The van der Waals surface area contributed by atoms with Crippen LogP contribution in [0.3, 0.4) is 0 Å². The average molecular weight is 314 g/mol. The van der Waals surface area contributed by atoms with Gasteiger partial charge in [0.1, 0.15) is 10.3 Å². The Hall–Kier alpha value is -1.26. The molecule has 1 aromatic rings. The number of carbonyl (C=O) groups is 1. The molecule has 2 rings (SSSR count). The molecule has 4 nitrogen and oxygen atoms in total. The first-order valence-corrected chi connectivity index (χ1v) is 7.45. The Kier molecular flexibility index (Phi) is 5.68. The highest BCUT2D eigenvalue weighted by atomic mass is 35.5. The van der Waals surface area contributed by atoms with Crippen molar-refractivity contribution in [2.45, 2.75) is 32.1 Å². The summed E-state index contributed by atoms with van der Waals surface area (Å²) in [6, 6.07) is 2.84. The molecule has 0 bridgehead atoms. The van der Waals surface area contributed by atoms with Gasteiger partial charge in [-0.3, -0.25) is 0 Å². The Morgan fingerprint density at radius 2 is 2.00 bits per heavy atom. The number of pyridine rings is 1. The first kappa shape index (κ1) is 15.1. The number of nitrogens with one attached hydrogen (secondary N) is 2. The maximum absolute atomic E-state index is 11.7. The van der Waals surface area contributed by atoms with E-state index >= 15 is 0 Å². The first-order valence-electron chi connectivity index (χ1n) is 6.69. The van der Waals surface area contributed by atoms with Gasteiger partial charge in [-0.1, -0.05) is 34.9 Å². The molecule has 0 radical (unpaired) electrons. The second kappa shape index (κ2) is 7.50. The average Bonchev–Trinajstić information content (AvgIpc) is 2.38. The predicted octanol–water partition coefficient (Wildman–Crippen LogP) is 4.40. The lowest BCUT2D eigenvalue weighted by Gasteiger charge is -2.13. The van der Waals surface area contributed by atoms with Gasteiger partial charge in [0.25, 0.3) is 0 Å². The Labute approximate surface area is 128 Å². The van der Waals surface area contributed by atoms with E-state index in [1.165, 1.54) is 18.4 Å². The fraction of sp³-hybridized carbons (Fsp3) is 0.429. The number of nitrogens with zero attached hydrogens (tertiary/aromatic N) is 1. The van der Waals surface area contributed by atoms with Crippen LogP contribution in [0.2, 0.25) is 10.3 Å². The highest BCUT2D eigenvalue weighted by Gasteiger charge is 2.06. The number of anilines is 1. The van der Waals surface area contributed by atoms with Crippen molar-refractivity contribution in [2.24, 2.45) is 0 Å². The van der Waals surface area contributed by atoms with Crippen LogP contribution >= 0.6 is 23.2 Å². The number of urea groups is 1. The lowest BCUT2D eigenvalue weighted by Crippen LogP contribution is -2.29. The number of halogens is 2. The molecule has 0 atom stereocenters. The number of rotatable bonds is 4. The molecule has 108 valence electrons. The maximum atomic E-state index is 11.7. The van der Waals surface area contributed by atoms with Crippen molar-refractivity contribution in [3.05, 3.63) is 34.1 Å². The summed E-state index contributed by atoms with van der Waals surface area (Å²) in [6.07, 6.45) is 8.04. The van der Waals surface area contributed by atoms with Crippen molar-refractivity contribution in [1.82, 2.24) is 10.3 Å². The summed E-state index contributed by atoms with van der Waals surface area (Å²) in [4.78, 5) is 15.5. The number of hydrogen-bond donors (Lipinski definition) is 2. The number of hydrogen-bond acceptors (Lipinski definition) is 2. The quantitative estimate of drug-likeness (QED) is 0.639.